The third-order valence-electron chi connectivity index (χ3n) is 3.11. The molecule has 0 amide bonds. The molecule has 1 aromatic rings. The molecule has 1 saturated carbocycles. The summed E-state index contributed by atoms with van der Waals surface area (Å²) in [6.07, 6.45) is 4.67. The standard InChI is InChI=1S/C11H16N2O2/c1-4-15-10(14)11(2)5-9(11)8-6-12-13(3)7-8/h6-7,9H,4-5H2,1-3H3/t9-,11+/m1/s1. The zero-order chi connectivity index (χ0) is 11.1. The van der Waals surface area contributed by atoms with Gasteiger partial charge < -0.3 is 4.74 Å². The first-order valence-electron chi connectivity index (χ1n) is 5.23. The molecule has 0 N–H and O–H groups in total. The summed E-state index contributed by atoms with van der Waals surface area (Å²) in [6.45, 7) is 4.25. The Morgan fingerprint density at radius 1 is 1.80 bits per heavy atom. The average Bonchev–Trinajstić information content (AvgIpc) is 2.69. The predicted octanol–water partition coefficient (Wildman–Crippen LogP) is 1.48. The fraction of sp³-hybridized carbons (Fsp3) is 0.636. The highest BCUT2D eigenvalue weighted by Gasteiger charge is 2.58. The van der Waals surface area contributed by atoms with Crippen LogP contribution < -0.4 is 0 Å². The summed E-state index contributed by atoms with van der Waals surface area (Å²) in [5.41, 5.74) is 0.812. The van der Waals surface area contributed by atoms with Crippen LogP contribution in [0, 0.1) is 5.41 Å². The van der Waals surface area contributed by atoms with E-state index in [9.17, 15) is 4.79 Å². The van der Waals surface area contributed by atoms with E-state index < -0.39 is 0 Å². The van der Waals surface area contributed by atoms with Crippen LogP contribution in [-0.2, 0) is 16.6 Å². The molecule has 0 aromatic carbocycles. The van der Waals surface area contributed by atoms with Crippen LogP contribution in [0.4, 0.5) is 0 Å². The summed E-state index contributed by atoms with van der Waals surface area (Å²) in [5.74, 6) is 0.198. The Balaban J connectivity index is 2.08. The van der Waals surface area contributed by atoms with E-state index in [1.165, 1.54) is 0 Å². The summed E-state index contributed by atoms with van der Waals surface area (Å²) >= 11 is 0. The minimum absolute atomic E-state index is 0.0844. The number of nitrogens with zero attached hydrogens (tertiary/aromatic N) is 2. The molecule has 1 aliphatic carbocycles. The molecular weight excluding hydrogens is 192 g/mol. The number of rotatable bonds is 3. The molecule has 4 heteroatoms. The lowest BCUT2D eigenvalue weighted by Gasteiger charge is -2.08. The van der Waals surface area contributed by atoms with Crippen LogP contribution in [0.3, 0.4) is 0 Å². The van der Waals surface area contributed by atoms with Crippen LogP contribution in [-0.4, -0.2) is 22.4 Å². The maximum atomic E-state index is 11.7. The monoisotopic (exact) mass is 208 g/mol. The highest BCUT2D eigenvalue weighted by molar-refractivity contribution is 5.81. The van der Waals surface area contributed by atoms with Crippen LogP contribution in [0.25, 0.3) is 0 Å². The van der Waals surface area contributed by atoms with E-state index in [2.05, 4.69) is 5.10 Å². The van der Waals surface area contributed by atoms with Crippen LogP contribution in [0.1, 0.15) is 31.7 Å². The maximum absolute atomic E-state index is 11.7. The van der Waals surface area contributed by atoms with Crippen molar-refractivity contribution in [1.29, 1.82) is 0 Å². The molecule has 2 rings (SSSR count). The van der Waals surface area contributed by atoms with Crippen molar-refractivity contribution in [2.24, 2.45) is 12.5 Å². The fourth-order valence-corrected chi connectivity index (χ4v) is 1.99. The summed E-state index contributed by atoms with van der Waals surface area (Å²) in [6, 6.07) is 0. The van der Waals surface area contributed by atoms with E-state index in [0.29, 0.717) is 6.61 Å². The summed E-state index contributed by atoms with van der Waals surface area (Å²) in [4.78, 5) is 11.7. The third-order valence-corrected chi connectivity index (χ3v) is 3.11. The molecule has 0 unspecified atom stereocenters. The Morgan fingerprint density at radius 2 is 2.53 bits per heavy atom. The van der Waals surface area contributed by atoms with Gasteiger partial charge in [-0.3, -0.25) is 9.48 Å². The highest BCUT2D eigenvalue weighted by atomic mass is 16.5. The molecule has 0 bridgehead atoms. The van der Waals surface area contributed by atoms with Gasteiger partial charge >= 0.3 is 5.97 Å². The first kappa shape index (κ1) is 10.2. The van der Waals surface area contributed by atoms with Crippen molar-refractivity contribution in [2.45, 2.75) is 26.2 Å². The Bertz CT molecular complexity index is 386. The van der Waals surface area contributed by atoms with E-state index in [4.69, 9.17) is 4.74 Å². The van der Waals surface area contributed by atoms with Crippen molar-refractivity contribution in [3.63, 3.8) is 0 Å². The van der Waals surface area contributed by atoms with Gasteiger partial charge in [-0.25, -0.2) is 0 Å². The molecule has 1 aliphatic rings. The number of aryl methyl sites for hydroxylation is 1. The first-order chi connectivity index (χ1) is 7.08. The molecule has 0 aliphatic heterocycles. The number of ether oxygens (including phenoxy) is 1. The van der Waals surface area contributed by atoms with Gasteiger partial charge in [0, 0.05) is 19.2 Å². The number of hydrogen-bond acceptors (Lipinski definition) is 3. The van der Waals surface area contributed by atoms with E-state index in [1.807, 2.05) is 33.3 Å². The molecule has 0 saturated heterocycles. The molecule has 1 aromatic heterocycles. The second kappa shape index (κ2) is 3.36. The van der Waals surface area contributed by atoms with Gasteiger partial charge in [0.25, 0.3) is 0 Å². The number of carbonyl (C=O) groups is 1. The van der Waals surface area contributed by atoms with E-state index >= 15 is 0 Å². The normalized spacial score (nSPS) is 28.9. The van der Waals surface area contributed by atoms with E-state index in [1.54, 1.807) is 4.68 Å². The number of esters is 1. The minimum atomic E-state index is -0.320. The van der Waals surface area contributed by atoms with E-state index in [0.717, 1.165) is 12.0 Å². The average molecular weight is 208 g/mol. The van der Waals surface area contributed by atoms with Crippen molar-refractivity contribution < 1.29 is 9.53 Å². The molecule has 1 heterocycles. The largest absolute Gasteiger partial charge is 0.466 e. The first-order valence-corrected chi connectivity index (χ1v) is 5.23. The van der Waals surface area contributed by atoms with Crippen molar-refractivity contribution in [3.05, 3.63) is 18.0 Å². The SMILES string of the molecule is CCOC(=O)[C@@]1(C)C[C@@H]1c1cnn(C)c1. The number of hydrogen-bond donors (Lipinski definition) is 0. The molecule has 15 heavy (non-hydrogen) atoms. The van der Waals surface area contributed by atoms with Crippen molar-refractivity contribution in [3.8, 4) is 0 Å². The van der Waals surface area contributed by atoms with Gasteiger partial charge in [0.15, 0.2) is 0 Å². The third kappa shape index (κ3) is 1.64. The van der Waals surface area contributed by atoms with Gasteiger partial charge in [0.05, 0.1) is 18.2 Å². The van der Waals surface area contributed by atoms with Crippen molar-refractivity contribution >= 4 is 5.97 Å². The molecule has 0 spiro atoms. The molecule has 82 valence electrons. The molecule has 1 fully saturated rings. The predicted molar refractivity (Wildman–Crippen MR) is 55.3 cm³/mol. The van der Waals surface area contributed by atoms with Crippen molar-refractivity contribution in [2.75, 3.05) is 6.61 Å². The zero-order valence-corrected chi connectivity index (χ0v) is 9.36. The van der Waals surface area contributed by atoms with Crippen LogP contribution >= 0.6 is 0 Å². The maximum Gasteiger partial charge on any atom is 0.312 e. The van der Waals surface area contributed by atoms with Crippen LogP contribution in [0.2, 0.25) is 0 Å². The quantitative estimate of drug-likeness (QED) is 0.707. The second-order valence-electron chi connectivity index (χ2n) is 4.34. The fourth-order valence-electron chi connectivity index (χ4n) is 1.99. The summed E-state index contributed by atoms with van der Waals surface area (Å²) in [7, 11) is 1.88. The lowest BCUT2D eigenvalue weighted by Crippen LogP contribution is -2.17. The highest BCUT2D eigenvalue weighted by Crippen LogP contribution is 2.59. The molecule has 4 nitrogen and oxygen atoms in total. The van der Waals surface area contributed by atoms with Gasteiger partial charge in [-0.15, -0.1) is 0 Å². The number of carbonyl (C=O) groups excluding carboxylic acids is 1. The smallest absolute Gasteiger partial charge is 0.312 e. The van der Waals surface area contributed by atoms with E-state index in [-0.39, 0.29) is 17.3 Å². The Labute approximate surface area is 89.2 Å². The van der Waals surface area contributed by atoms with Gasteiger partial charge in [-0.1, -0.05) is 0 Å². The number of aromatic nitrogens is 2. The van der Waals surface area contributed by atoms with Gasteiger partial charge in [0.1, 0.15) is 0 Å². The molecular formula is C11H16N2O2. The second-order valence-corrected chi connectivity index (χ2v) is 4.34. The Morgan fingerprint density at radius 3 is 3.07 bits per heavy atom. The zero-order valence-electron chi connectivity index (χ0n) is 9.36. The topological polar surface area (TPSA) is 44.1 Å². The van der Waals surface area contributed by atoms with Crippen LogP contribution in [0.5, 0.6) is 0 Å². The minimum Gasteiger partial charge on any atom is -0.466 e. The van der Waals surface area contributed by atoms with Crippen molar-refractivity contribution in [1.82, 2.24) is 9.78 Å². The van der Waals surface area contributed by atoms with Gasteiger partial charge in [-0.05, 0) is 25.8 Å². The van der Waals surface area contributed by atoms with Gasteiger partial charge in [-0.2, -0.15) is 5.10 Å². The lowest BCUT2D eigenvalue weighted by molar-refractivity contribution is -0.149. The van der Waals surface area contributed by atoms with Gasteiger partial charge in [0.2, 0.25) is 0 Å². The summed E-state index contributed by atoms with van der Waals surface area (Å²) in [5, 5.41) is 4.11. The summed E-state index contributed by atoms with van der Waals surface area (Å²) < 4.78 is 6.82. The molecule has 0 radical (unpaired) electrons. The Hall–Kier alpha value is -1.32. The molecule has 2 atom stereocenters. The lowest BCUT2D eigenvalue weighted by atomic mass is 10.0. The Kier molecular flexibility index (Phi) is 2.29. The van der Waals surface area contributed by atoms with Crippen LogP contribution in [0.15, 0.2) is 12.4 Å².